The minimum Gasteiger partial charge on any atom is -0.329 e. The summed E-state index contributed by atoms with van der Waals surface area (Å²) in [7, 11) is 0. The lowest BCUT2D eigenvalue weighted by Crippen LogP contribution is -2.40. The first-order valence-electron chi connectivity index (χ1n) is 7.31. The molecule has 2 nitrogen and oxygen atoms in total. The lowest BCUT2D eigenvalue weighted by atomic mass is 9.86. The van der Waals surface area contributed by atoms with E-state index in [-0.39, 0.29) is 11.9 Å². The van der Waals surface area contributed by atoms with Crippen LogP contribution in [0.2, 0.25) is 0 Å². The first-order chi connectivity index (χ1) is 9.11. The standard InChI is InChI=1S/C16H25FN2/c1-12(2)13-7-9-19(10-8-13)16(11-18)14-3-5-15(17)6-4-14/h3-6,12-13,16H,7-11,18H2,1-2H3. The molecular weight excluding hydrogens is 239 g/mol. The molecule has 1 atom stereocenters. The summed E-state index contributed by atoms with van der Waals surface area (Å²) in [5, 5.41) is 0. The number of nitrogens with zero attached hydrogens (tertiary/aromatic N) is 1. The minimum absolute atomic E-state index is 0.182. The molecule has 0 bridgehead atoms. The van der Waals surface area contributed by atoms with Crippen LogP contribution in [0.5, 0.6) is 0 Å². The van der Waals surface area contributed by atoms with Crippen molar-refractivity contribution in [2.45, 2.75) is 32.7 Å². The van der Waals surface area contributed by atoms with E-state index in [0.29, 0.717) is 6.54 Å². The molecule has 0 radical (unpaired) electrons. The largest absolute Gasteiger partial charge is 0.329 e. The van der Waals surface area contributed by atoms with Gasteiger partial charge in [0.15, 0.2) is 0 Å². The Morgan fingerprint density at radius 2 is 1.79 bits per heavy atom. The molecule has 0 spiro atoms. The average molecular weight is 264 g/mol. The molecule has 2 rings (SSSR count). The molecule has 3 heteroatoms. The minimum atomic E-state index is -0.182. The van der Waals surface area contributed by atoms with Crippen LogP contribution in [0.15, 0.2) is 24.3 Å². The number of rotatable bonds is 4. The fourth-order valence-electron chi connectivity index (χ4n) is 3.08. The van der Waals surface area contributed by atoms with Crippen LogP contribution in [0.1, 0.15) is 38.3 Å². The van der Waals surface area contributed by atoms with E-state index in [9.17, 15) is 4.39 Å². The zero-order valence-electron chi connectivity index (χ0n) is 12.0. The van der Waals surface area contributed by atoms with Gasteiger partial charge in [0.05, 0.1) is 0 Å². The smallest absolute Gasteiger partial charge is 0.123 e. The normalized spacial score (nSPS) is 19.8. The number of likely N-dealkylation sites (tertiary alicyclic amines) is 1. The highest BCUT2D eigenvalue weighted by Gasteiger charge is 2.26. The van der Waals surface area contributed by atoms with Crippen LogP contribution in [-0.4, -0.2) is 24.5 Å². The van der Waals surface area contributed by atoms with Crippen molar-refractivity contribution in [3.63, 3.8) is 0 Å². The van der Waals surface area contributed by atoms with Crippen LogP contribution in [-0.2, 0) is 0 Å². The summed E-state index contributed by atoms with van der Waals surface area (Å²) in [6, 6.07) is 7.01. The van der Waals surface area contributed by atoms with Crippen LogP contribution >= 0.6 is 0 Å². The van der Waals surface area contributed by atoms with Gasteiger partial charge < -0.3 is 5.73 Å². The van der Waals surface area contributed by atoms with Crippen LogP contribution in [0.4, 0.5) is 4.39 Å². The van der Waals surface area contributed by atoms with Crippen LogP contribution < -0.4 is 5.73 Å². The van der Waals surface area contributed by atoms with Crippen LogP contribution in [0.25, 0.3) is 0 Å². The SMILES string of the molecule is CC(C)C1CCN(C(CN)c2ccc(F)cc2)CC1. The summed E-state index contributed by atoms with van der Waals surface area (Å²) in [5.41, 5.74) is 7.06. The molecule has 19 heavy (non-hydrogen) atoms. The predicted octanol–water partition coefficient (Wildman–Crippen LogP) is 3.19. The third kappa shape index (κ3) is 3.54. The van der Waals surface area contributed by atoms with Gasteiger partial charge in [0.2, 0.25) is 0 Å². The quantitative estimate of drug-likeness (QED) is 0.905. The lowest BCUT2D eigenvalue weighted by Gasteiger charge is -2.38. The maximum absolute atomic E-state index is 13.0. The molecule has 1 fully saturated rings. The van der Waals surface area contributed by atoms with Gasteiger partial charge in [-0.25, -0.2) is 4.39 Å². The zero-order valence-corrected chi connectivity index (χ0v) is 12.0. The van der Waals surface area contributed by atoms with Crippen molar-refractivity contribution < 1.29 is 4.39 Å². The second kappa shape index (κ2) is 6.49. The Balaban J connectivity index is 2.01. The summed E-state index contributed by atoms with van der Waals surface area (Å²) >= 11 is 0. The number of halogens is 1. The Hall–Kier alpha value is -0.930. The van der Waals surface area contributed by atoms with Gasteiger partial charge in [-0.1, -0.05) is 26.0 Å². The molecule has 1 aliphatic rings. The molecular formula is C16H25FN2. The topological polar surface area (TPSA) is 29.3 Å². The molecule has 1 saturated heterocycles. The number of piperidine rings is 1. The van der Waals surface area contributed by atoms with E-state index in [1.165, 1.54) is 25.0 Å². The van der Waals surface area contributed by atoms with E-state index in [1.807, 2.05) is 12.1 Å². The van der Waals surface area contributed by atoms with E-state index in [0.717, 1.165) is 30.5 Å². The predicted molar refractivity (Wildman–Crippen MR) is 77.3 cm³/mol. The number of hydrogen-bond acceptors (Lipinski definition) is 2. The Labute approximate surface area is 115 Å². The van der Waals surface area contributed by atoms with E-state index in [1.54, 1.807) is 0 Å². The highest BCUT2D eigenvalue weighted by molar-refractivity contribution is 5.20. The van der Waals surface area contributed by atoms with Gasteiger partial charge in [-0.05, 0) is 55.5 Å². The second-order valence-corrected chi connectivity index (χ2v) is 5.92. The van der Waals surface area contributed by atoms with Crippen LogP contribution in [0, 0.1) is 17.7 Å². The Morgan fingerprint density at radius 1 is 1.21 bits per heavy atom. The lowest BCUT2D eigenvalue weighted by molar-refractivity contribution is 0.117. The first kappa shape index (κ1) is 14.5. The molecule has 1 aliphatic heterocycles. The Bertz CT molecular complexity index is 380. The summed E-state index contributed by atoms with van der Waals surface area (Å²) < 4.78 is 13.0. The van der Waals surface area contributed by atoms with Gasteiger partial charge in [-0.15, -0.1) is 0 Å². The number of nitrogens with two attached hydrogens (primary N) is 1. The van der Waals surface area contributed by atoms with Crippen molar-refractivity contribution >= 4 is 0 Å². The molecule has 0 aliphatic carbocycles. The Kier molecular flexibility index (Phi) is 4.94. The highest BCUT2D eigenvalue weighted by atomic mass is 19.1. The van der Waals surface area contributed by atoms with Crippen molar-refractivity contribution in [3.05, 3.63) is 35.6 Å². The molecule has 1 aromatic carbocycles. The molecule has 1 unspecified atom stereocenters. The molecule has 0 aromatic heterocycles. The molecule has 106 valence electrons. The van der Waals surface area contributed by atoms with Gasteiger partial charge in [0.25, 0.3) is 0 Å². The molecule has 1 aromatic rings. The second-order valence-electron chi connectivity index (χ2n) is 5.92. The molecule has 1 heterocycles. The van der Waals surface area contributed by atoms with Gasteiger partial charge in [0, 0.05) is 12.6 Å². The third-order valence-corrected chi connectivity index (χ3v) is 4.44. The summed E-state index contributed by atoms with van der Waals surface area (Å²) in [6.07, 6.45) is 2.49. The maximum Gasteiger partial charge on any atom is 0.123 e. The first-order valence-corrected chi connectivity index (χ1v) is 7.31. The van der Waals surface area contributed by atoms with E-state index >= 15 is 0 Å². The van der Waals surface area contributed by atoms with Crippen molar-refractivity contribution in [2.24, 2.45) is 17.6 Å². The molecule has 0 amide bonds. The van der Waals surface area contributed by atoms with Crippen molar-refractivity contribution in [1.82, 2.24) is 4.90 Å². The van der Waals surface area contributed by atoms with E-state index < -0.39 is 0 Å². The van der Waals surface area contributed by atoms with Crippen molar-refractivity contribution in [3.8, 4) is 0 Å². The van der Waals surface area contributed by atoms with E-state index in [2.05, 4.69) is 18.7 Å². The van der Waals surface area contributed by atoms with Gasteiger partial charge in [-0.3, -0.25) is 4.90 Å². The average Bonchev–Trinajstić information content (AvgIpc) is 2.42. The summed E-state index contributed by atoms with van der Waals surface area (Å²) in [4.78, 5) is 2.45. The highest BCUT2D eigenvalue weighted by Crippen LogP contribution is 2.29. The van der Waals surface area contributed by atoms with Gasteiger partial charge in [0.1, 0.15) is 5.82 Å². The zero-order chi connectivity index (χ0) is 13.8. The van der Waals surface area contributed by atoms with Gasteiger partial charge >= 0.3 is 0 Å². The van der Waals surface area contributed by atoms with Crippen molar-refractivity contribution in [1.29, 1.82) is 0 Å². The van der Waals surface area contributed by atoms with E-state index in [4.69, 9.17) is 5.73 Å². The number of benzene rings is 1. The fraction of sp³-hybridized carbons (Fsp3) is 0.625. The fourth-order valence-corrected chi connectivity index (χ4v) is 3.08. The molecule has 0 saturated carbocycles. The monoisotopic (exact) mass is 264 g/mol. The summed E-state index contributed by atoms with van der Waals surface area (Å²) in [5.74, 6) is 1.42. The summed E-state index contributed by atoms with van der Waals surface area (Å²) in [6.45, 7) is 7.41. The maximum atomic E-state index is 13.0. The number of hydrogen-bond donors (Lipinski definition) is 1. The van der Waals surface area contributed by atoms with Gasteiger partial charge in [-0.2, -0.15) is 0 Å². The molecule has 2 N–H and O–H groups in total. The van der Waals surface area contributed by atoms with Crippen molar-refractivity contribution in [2.75, 3.05) is 19.6 Å². The Morgan fingerprint density at radius 3 is 2.26 bits per heavy atom. The van der Waals surface area contributed by atoms with Crippen LogP contribution in [0.3, 0.4) is 0 Å². The third-order valence-electron chi connectivity index (χ3n) is 4.44.